The molecule has 0 aromatic heterocycles. The quantitative estimate of drug-likeness (QED) is 0.601. The molecule has 1 rings (SSSR count). The molecule has 1 heterocycles. The lowest BCUT2D eigenvalue weighted by molar-refractivity contribution is -0.131. The molecule has 6 heteroatoms. The van der Waals surface area contributed by atoms with E-state index in [1.165, 1.54) is 0 Å². The molecule has 2 N–H and O–H groups in total. The Kier molecular flexibility index (Phi) is 7.29. The number of rotatable bonds is 10. The molecule has 0 bridgehead atoms. The number of nitrogens with one attached hydrogen (secondary N) is 1. The van der Waals surface area contributed by atoms with Crippen molar-refractivity contribution in [1.82, 2.24) is 15.1 Å². The van der Waals surface area contributed by atoms with E-state index in [1.807, 2.05) is 0 Å². The zero-order chi connectivity index (χ0) is 16.8. The van der Waals surface area contributed by atoms with Gasteiger partial charge < -0.3 is 15.3 Å². The molecule has 0 unspecified atom stereocenters. The molecule has 0 aromatic rings. The first kappa shape index (κ1) is 18.9. The van der Waals surface area contributed by atoms with Gasteiger partial charge in [0.05, 0.1) is 12.6 Å². The van der Waals surface area contributed by atoms with Gasteiger partial charge in [0, 0.05) is 6.54 Å². The number of hydrogen-bond donors (Lipinski definition) is 2. The second-order valence-corrected chi connectivity index (χ2v) is 6.63. The van der Waals surface area contributed by atoms with Gasteiger partial charge in [-0.15, -0.1) is 0 Å². The number of aliphatic hydroxyl groups is 1. The van der Waals surface area contributed by atoms with Crippen molar-refractivity contribution >= 4 is 11.9 Å². The number of carbonyl (C=O) groups excluding carboxylic acids is 2. The van der Waals surface area contributed by atoms with Crippen molar-refractivity contribution in [3.63, 3.8) is 0 Å². The van der Waals surface area contributed by atoms with Gasteiger partial charge in [-0.05, 0) is 39.8 Å². The lowest BCUT2D eigenvalue weighted by Crippen LogP contribution is -2.44. The standard InChI is InChI=1S/C16H31N3O3/c1-5-7-9-18(10-8-6-2)11-13(20)12-19-14(21)16(3,4)17-15(19)22/h13,20H,5-12H2,1-4H3,(H,17,22)/t13-/m0/s1. The van der Waals surface area contributed by atoms with E-state index in [1.54, 1.807) is 13.8 Å². The van der Waals surface area contributed by atoms with Gasteiger partial charge in [0.15, 0.2) is 0 Å². The van der Waals surface area contributed by atoms with Gasteiger partial charge in [-0.3, -0.25) is 9.69 Å². The highest BCUT2D eigenvalue weighted by Gasteiger charge is 2.44. The number of unbranched alkanes of at least 4 members (excludes halogenated alkanes) is 2. The van der Waals surface area contributed by atoms with Crippen LogP contribution in [0, 0.1) is 0 Å². The summed E-state index contributed by atoms with van der Waals surface area (Å²) >= 11 is 0. The minimum absolute atomic E-state index is 0.0584. The smallest absolute Gasteiger partial charge is 0.325 e. The van der Waals surface area contributed by atoms with Crippen LogP contribution in [0.3, 0.4) is 0 Å². The van der Waals surface area contributed by atoms with Crippen LogP contribution >= 0.6 is 0 Å². The minimum Gasteiger partial charge on any atom is -0.390 e. The summed E-state index contributed by atoms with van der Waals surface area (Å²) in [5.74, 6) is -0.273. The number of β-amino-alcohol motifs (C(OH)–C–C–N with tert-alkyl or cyclic N) is 1. The molecular formula is C16H31N3O3. The first-order valence-electron chi connectivity index (χ1n) is 8.36. The Bertz CT molecular complexity index is 377. The van der Waals surface area contributed by atoms with Gasteiger partial charge >= 0.3 is 6.03 Å². The summed E-state index contributed by atoms with van der Waals surface area (Å²) in [4.78, 5) is 27.3. The van der Waals surface area contributed by atoms with Crippen molar-refractivity contribution in [2.45, 2.75) is 65.0 Å². The number of amides is 3. The maximum atomic E-state index is 12.1. The van der Waals surface area contributed by atoms with Crippen molar-refractivity contribution in [2.75, 3.05) is 26.2 Å². The molecule has 0 radical (unpaired) electrons. The Morgan fingerprint density at radius 1 is 1.18 bits per heavy atom. The molecule has 0 spiro atoms. The molecule has 1 atom stereocenters. The molecule has 22 heavy (non-hydrogen) atoms. The molecule has 1 saturated heterocycles. The normalized spacial score (nSPS) is 18.9. The predicted octanol–water partition coefficient (Wildman–Crippen LogP) is 1.58. The van der Waals surface area contributed by atoms with E-state index < -0.39 is 17.7 Å². The number of imide groups is 1. The fraction of sp³-hybridized carbons (Fsp3) is 0.875. The van der Waals surface area contributed by atoms with Crippen LogP contribution in [0.4, 0.5) is 4.79 Å². The van der Waals surface area contributed by atoms with Gasteiger partial charge in [0.2, 0.25) is 0 Å². The van der Waals surface area contributed by atoms with Gasteiger partial charge in [-0.25, -0.2) is 4.79 Å². The van der Waals surface area contributed by atoms with E-state index >= 15 is 0 Å². The molecule has 1 aliphatic heterocycles. The second kappa shape index (κ2) is 8.48. The van der Waals surface area contributed by atoms with Gasteiger partial charge in [-0.1, -0.05) is 26.7 Å². The number of hydrogen-bond acceptors (Lipinski definition) is 4. The fourth-order valence-corrected chi connectivity index (χ4v) is 2.61. The van der Waals surface area contributed by atoms with E-state index in [0.717, 1.165) is 43.7 Å². The van der Waals surface area contributed by atoms with Gasteiger partial charge in [0.25, 0.3) is 5.91 Å². The highest BCUT2D eigenvalue weighted by molar-refractivity contribution is 6.06. The van der Waals surface area contributed by atoms with E-state index in [0.29, 0.717) is 6.54 Å². The molecule has 6 nitrogen and oxygen atoms in total. The van der Waals surface area contributed by atoms with Crippen LogP contribution in [-0.4, -0.2) is 64.7 Å². The third-order valence-corrected chi connectivity index (χ3v) is 3.96. The molecule has 0 saturated carbocycles. The van der Waals surface area contributed by atoms with Crippen LogP contribution < -0.4 is 5.32 Å². The third-order valence-electron chi connectivity index (χ3n) is 3.96. The Labute approximate surface area is 133 Å². The number of aliphatic hydroxyl groups excluding tert-OH is 1. The number of carbonyl (C=O) groups is 2. The lowest BCUT2D eigenvalue weighted by atomic mass is 10.1. The van der Waals surface area contributed by atoms with E-state index in [4.69, 9.17) is 0 Å². The Morgan fingerprint density at radius 2 is 1.73 bits per heavy atom. The highest BCUT2D eigenvalue weighted by Crippen LogP contribution is 2.17. The number of nitrogens with zero attached hydrogens (tertiary/aromatic N) is 2. The summed E-state index contributed by atoms with van der Waals surface area (Å²) in [5, 5.41) is 12.9. The van der Waals surface area contributed by atoms with Crippen LogP contribution in [0.5, 0.6) is 0 Å². The Morgan fingerprint density at radius 3 is 2.14 bits per heavy atom. The zero-order valence-electron chi connectivity index (χ0n) is 14.4. The van der Waals surface area contributed by atoms with Crippen LogP contribution in [0.1, 0.15) is 53.4 Å². The summed E-state index contributed by atoms with van der Waals surface area (Å²) in [5.41, 5.74) is -0.874. The first-order chi connectivity index (χ1) is 10.3. The van der Waals surface area contributed by atoms with Crippen LogP contribution in [0.2, 0.25) is 0 Å². The van der Waals surface area contributed by atoms with Gasteiger partial charge in [0.1, 0.15) is 5.54 Å². The fourth-order valence-electron chi connectivity index (χ4n) is 2.61. The summed E-state index contributed by atoms with van der Waals surface area (Å²) in [6, 6.07) is -0.414. The lowest BCUT2D eigenvalue weighted by Gasteiger charge is -2.26. The van der Waals surface area contributed by atoms with Crippen LogP contribution in [-0.2, 0) is 4.79 Å². The largest absolute Gasteiger partial charge is 0.390 e. The average molecular weight is 313 g/mol. The Hall–Kier alpha value is -1.14. The average Bonchev–Trinajstić information content (AvgIpc) is 2.64. The van der Waals surface area contributed by atoms with Gasteiger partial charge in [-0.2, -0.15) is 0 Å². The molecule has 1 aliphatic rings. The maximum absolute atomic E-state index is 12.1. The van der Waals surface area contributed by atoms with Crippen molar-refractivity contribution in [3.8, 4) is 0 Å². The predicted molar refractivity (Wildman–Crippen MR) is 86.6 cm³/mol. The topological polar surface area (TPSA) is 72.9 Å². The van der Waals surface area contributed by atoms with Crippen molar-refractivity contribution < 1.29 is 14.7 Å². The summed E-state index contributed by atoms with van der Waals surface area (Å²) in [6.45, 7) is 10.1. The van der Waals surface area contributed by atoms with Crippen molar-refractivity contribution in [3.05, 3.63) is 0 Å². The van der Waals surface area contributed by atoms with Crippen LogP contribution in [0.25, 0.3) is 0 Å². The maximum Gasteiger partial charge on any atom is 0.325 e. The molecule has 3 amide bonds. The SMILES string of the molecule is CCCCN(CCCC)C[C@H](O)CN1C(=O)NC(C)(C)C1=O. The van der Waals surface area contributed by atoms with Crippen molar-refractivity contribution in [1.29, 1.82) is 0 Å². The first-order valence-corrected chi connectivity index (χ1v) is 8.36. The highest BCUT2D eigenvalue weighted by atomic mass is 16.3. The summed E-state index contributed by atoms with van der Waals surface area (Å²) in [6.07, 6.45) is 3.69. The zero-order valence-corrected chi connectivity index (χ0v) is 14.4. The molecule has 0 aromatic carbocycles. The molecule has 128 valence electrons. The second-order valence-electron chi connectivity index (χ2n) is 6.63. The monoisotopic (exact) mass is 313 g/mol. The third kappa shape index (κ3) is 5.25. The Balaban J connectivity index is 2.53. The van der Waals surface area contributed by atoms with E-state index in [-0.39, 0.29) is 12.5 Å². The van der Waals surface area contributed by atoms with Crippen molar-refractivity contribution in [2.24, 2.45) is 0 Å². The van der Waals surface area contributed by atoms with E-state index in [2.05, 4.69) is 24.1 Å². The summed E-state index contributed by atoms with van der Waals surface area (Å²) in [7, 11) is 0. The van der Waals surface area contributed by atoms with Crippen LogP contribution in [0.15, 0.2) is 0 Å². The summed E-state index contributed by atoms with van der Waals surface area (Å²) < 4.78 is 0. The molecule has 1 fully saturated rings. The number of urea groups is 1. The molecular weight excluding hydrogens is 282 g/mol. The molecule has 0 aliphatic carbocycles. The minimum atomic E-state index is -0.874. The van der Waals surface area contributed by atoms with E-state index in [9.17, 15) is 14.7 Å².